The van der Waals surface area contributed by atoms with E-state index in [1.165, 1.54) is 0 Å². The fourth-order valence-electron chi connectivity index (χ4n) is 2.58. The van der Waals surface area contributed by atoms with E-state index in [1.807, 2.05) is 0 Å². The van der Waals surface area contributed by atoms with Crippen molar-refractivity contribution >= 4 is 11.4 Å². The van der Waals surface area contributed by atoms with Gasteiger partial charge >= 0.3 is 5.69 Å². The molecule has 0 saturated heterocycles. The molecule has 7 heteroatoms. The minimum atomic E-state index is -1.18. The minimum Gasteiger partial charge on any atom is -0.375 e. The summed E-state index contributed by atoms with van der Waals surface area (Å²) < 4.78 is 26.8. The van der Waals surface area contributed by atoms with Crippen LogP contribution in [0.25, 0.3) is 0 Å². The van der Waals surface area contributed by atoms with E-state index in [0.717, 1.165) is 38.2 Å². The van der Waals surface area contributed by atoms with Gasteiger partial charge in [-0.2, -0.15) is 4.39 Å². The number of nitrogens with one attached hydrogen (secondary N) is 1. The summed E-state index contributed by atoms with van der Waals surface area (Å²) in [5.41, 5.74) is 5.13. The number of halogens is 2. The molecule has 0 bridgehead atoms. The van der Waals surface area contributed by atoms with Crippen molar-refractivity contribution in [1.82, 2.24) is 0 Å². The third-order valence-corrected chi connectivity index (χ3v) is 3.62. The van der Waals surface area contributed by atoms with Crippen molar-refractivity contribution in [2.24, 2.45) is 5.73 Å². The molecule has 5 nitrogen and oxygen atoms in total. The maximum absolute atomic E-state index is 13.5. The summed E-state index contributed by atoms with van der Waals surface area (Å²) in [6, 6.07) is 1.07. The van der Waals surface area contributed by atoms with E-state index >= 15 is 0 Å². The smallest absolute Gasteiger partial charge is 0.327 e. The van der Waals surface area contributed by atoms with Crippen molar-refractivity contribution in [3.63, 3.8) is 0 Å². The highest BCUT2D eigenvalue weighted by molar-refractivity contribution is 5.62. The number of hydrogen-bond donors (Lipinski definition) is 2. The Hall–Kier alpha value is -1.76. The molecule has 0 aromatic heterocycles. The summed E-state index contributed by atoms with van der Waals surface area (Å²) in [5.74, 6) is -2.03. The predicted octanol–water partition coefficient (Wildman–Crippen LogP) is 2.94. The molecule has 2 rings (SSSR count). The van der Waals surface area contributed by atoms with E-state index in [2.05, 4.69) is 5.32 Å². The Morgan fingerprint density at radius 3 is 2.65 bits per heavy atom. The quantitative estimate of drug-likeness (QED) is 0.508. The predicted molar refractivity (Wildman–Crippen MR) is 71.5 cm³/mol. The van der Waals surface area contributed by atoms with E-state index in [9.17, 15) is 18.9 Å². The zero-order chi connectivity index (χ0) is 14.7. The maximum Gasteiger partial charge on any atom is 0.327 e. The van der Waals surface area contributed by atoms with Gasteiger partial charge in [0, 0.05) is 24.2 Å². The van der Waals surface area contributed by atoms with Crippen molar-refractivity contribution in [3.05, 3.63) is 33.9 Å². The van der Waals surface area contributed by atoms with Gasteiger partial charge < -0.3 is 11.1 Å². The molecule has 20 heavy (non-hydrogen) atoms. The molecule has 1 saturated carbocycles. The molecule has 1 aromatic carbocycles. The molecule has 0 amide bonds. The molecule has 0 heterocycles. The summed E-state index contributed by atoms with van der Waals surface area (Å²) in [7, 11) is 0. The fraction of sp³-hybridized carbons (Fsp3) is 0.538. The number of nitro groups is 1. The van der Waals surface area contributed by atoms with Crippen LogP contribution >= 0.6 is 0 Å². The maximum atomic E-state index is 13.5. The van der Waals surface area contributed by atoms with E-state index in [4.69, 9.17) is 5.73 Å². The first-order valence-electron chi connectivity index (χ1n) is 6.64. The molecule has 110 valence electrons. The van der Waals surface area contributed by atoms with Crippen LogP contribution in [-0.2, 0) is 0 Å². The van der Waals surface area contributed by atoms with Crippen LogP contribution < -0.4 is 11.1 Å². The summed E-state index contributed by atoms with van der Waals surface area (Å²) in [6.45, 7) is 0. The zero-order valence-electron chi connectivity index (χ0n) is 10.9. The van der Waals surface area contributed by atoms with E-state index < -0.39 is 22.2 Å². The van der Waals surface area contributed by atoms with Crippen molar-refractivity contribution < 1.29 is 13.7 Å². The van der Waals surface area contributed by atoms with Gasteiger partial charge in [-0.3, -0.25) is 10.1 Å². The summed E-state index contributed by atoms with van der Waals surface area (Å²) in [4.78, 5) is 10.1. The van der Waals surface area contributed by atoms with Crippen LogP contribution in [0.5, 0.6) is 0 Å². The SMILES string of the molecule is NC1CCCCCC1Nc1cc(F)cc(F)c1[N+](=O)[O-]. The number of nitrogens with two attached hydrogens (primary N) is 1. The molecule has 0 spiro atoms. The van der Waals surface area contributed by atoms with Gasteiger partial charge in [0.1, 0.15) is 11.5 Å². The van der Waals surface area contributed by atoms with Gasteiger partial charge in [-0.1, -0.05) is 19.3 Å². The Morgan fingerprint density at radius 2 is 1.95 bits per heavy atom. The zero-order valence-corrected chi connectivity index (χ0v) is 10.9. The fourth-order valence-corrected chi connectivity index (χ4v) is 2.58. The van der Waals surface area contributed by atoms with Gasteiger partial charge in [0.05, 0.1) is 4.92 Å². The summed E-state index contributed by atoms with van der Waals surface area (Å²) in [6.07, 6.45) is 4.51. The van der Waals surface area contributed by atoms with Gasteiger partial charge in [-0.05, 0) is 12.8 Å². The lowest BCUT2D eigenvalue weighted by atomic mass is 10.0. The minimum absolute atomic E-state index is 0.144. The first kappa shape index (κ1) is 14.6. The number of anilines is 1. The Morgan fingerprint density at radius 1 is 1.25 bits per heavy atom. The van der Waals surface area contributed by atoms with E-state index in [-0.39, 0.29) is 17.8 Å². The molecule has 3 N–H and O–H groups in total. The average molecular weight is 285 g/mol. The molecule has 2 unspecified atom stereocenters. The van der Waals surface area contributed by atoms with Gasteiger partial charge in [-0.15, -0.1) is 0 Å². The van der Waals surface area contributed by atoms with Crippen LogP contribution in [0.15, 0.2) is 12.1 Å². The Kier molecular flexibility index (Phi) is 4.49. The van der Waals surface area contributed by atoms with Crippen molar-refractivity contribution in [2.75, 3.05) is 5.32 Å². The average Bonchev–Trinajstić information content (AvgIpc) is 2.53. The summed E-state index contributed by atoms with van der Waals surface area (Å²) in [5, 5.41) is 13.8. The van der Waals surface area contributed by atoms with E-state index in [1.54, 1.807) is 0 Å². The molecular formula is C13H17F2N3O2. The highest BCUT2D eigenvalue weighted by Crippen LogP contribution is 2.31. The molecule has 2 atom stereocenters. The Balaban J connectivity index is 2.29. The summed E-state index contributed by atoms with van der Waals surface area (Å²) >= 11 is 0. The van der Waals surface area contributed by atoms with Gasteiger partial charge in [-0.25, -0.2) is 4.39 Å². The third kappa shape index (κ3) is 3.22. The molecular weight excluding hydrogens is 268 g/mol. The second kappa shape index (κ2) is 6.13. The molecule has 0 aliphatic heterocycles. The highest BCUT2D eigenvalue weighted by atomic mass is 19.1. The molecule has 1 aromatic rings. The Bertz CT molecular complexity index is 511. The van der Waals surface area contributed by atoms with Gasteiger partial charge in [0.2, 0.25) is 5.82 Å². The van der Waals surface area contributed by atoms with Crippen LogP contribution in [0.4, 0.5) is 20.2 Å². The first-order chi connectivity index (χ1) is 9.49. The molecule has 1 fully saturated rings. The topological polar surface area (TPSA) is 81.2 Å². The van der Waals surface area contributed by atoms with Gasteiger partial charge in [0.25, 0.3) is 0 Å². The lowest BCUT2D eigenvalue weighted by molar-refractivity contribution is -0.386. The van der Waals surface area contributed by atoms with Crippen LogP contribution in [0.1, 0.15) is 32.1 Å². The largest absolute Gasteiger partial charge is 0.375 e. The van der Waals surface area contributed by atoms with E-state index in [0.29, 0.717) is 6.07 Å². The number of rotatable bonds is 3. The normalized spacial score (nSPS) is 23.1. The van der Waals surface area contributed by atoms with Crippen molar-refractivity contribution in [1.29, 1.82) is 0 Å². The lowest BCUT2D eigenvalue weighted by Gasteiger charge is -2.23. The second-order valence-corrected chi connectivity index (χ2v) is 5.09. The molecule has 1 aliphatic carbocycles. The van der Waals surface area contributed by atoms with Crippen molar-refractivity contribution in [3.8, 4) is 0 Å². The Labute approximate surface area is 115 Å². The standard InChI is InChI=1S/C13H17F2N3O2/c14-8-6-9(15)13(18(19)20)12(7-8)17-11-5-3-1-2-4-10(11)16/h6-7,10-11,17H,1-5,16H2. The number of nitrogens with zero attached hydrogens (tertiary/aromatic N) is 1. The van der Waals surface area contributed by atoms with Crippen molar-refractivity contribution in [2.45, 2.75) is 44.2 Å². The third-order valence-electron chi connectivity index (χ3n) is 3.62. The first-order valence-corrected chi connectivity index (χ1v) is 6.64. The second-order valence-electron chi connectivity index (χ2n) is 5.09. The lowest BCUT2D eigenvalue weighted by Crippen LogP contribution is -2.39. The highest BCUT2D eigenvalue weighted by Gasteiger charge is 2.26. The van der Waals surface area contributed by atoms with Gasteiger partial charge in [0.15, 0.2) is 0 Å². The number of nitro benzene ring substituents is 1. The van der Waals surface area contributed by atoms with Crippen LogP contribution in [0, 0.1) is 21.7 Å². The monoisotopic (exact) mass is 285 g/mol. The molecule has 1 aliphatic rings. The van der Waals surface area contributed by atoms with Crippen LogP contribution in [-0.4, -0.2) is 17.0 Å². The number of benzene rings is 1. The van der Waals surface area contributed by atoms with Crippen LogP contribution in [0.3, 0.4) is 0 Å². The number of hydrogen-bond acceptors (Lipinski definition) is 4. The molecule has 0 radical (unpaired) electrons. The van der Waals surface area contributed by atoms with Crippen LogP contribution in [0.2, 0.25) is 0 Å².